The van der Waals surface area contributed by atoms with Gasteiger partial charge in [0.1, 0.15) is 4.32 Å². The number of carbonyl (C=O) groups excluding carboxylic acids is 1. The normalized spacial score (nSPS) is 16.4. The second kappa shape index (κ2) is 6.52. The van der Waals surface area contributed by atoms with Gasteiger partial charge in [-0.15, -0.1) is 0 Å². The third-order valence-corrected chi connectivity index (χ3v) is 4.67. The van der Waals surface area contributed by atoms with Gasteiger partial charge in [-0.2, -0.15) is 0 Å². The predicted molar refractivity (Wildman–Crippen MR) is 98.3 cm³/mol. The van der Waals surface area contributed by atoms with Crippen LogP contribution in [0.4, 0.5) is 0 Å². The van der Waals surface area contributed by atoms with E-state index < -0.39 is 0 Å². The number of amides is 1. The minimum Gasteiger partial charge on any atom is -0.306 e. The number of thiocarbonyl (C=S) groups is 1. The number of benzene rings is 1. The van der Waals surface area contributed by atoms with E-state index in [1.165, 1.54) is 11.8 Å². The first kappa shape index (κ1) is 15.7. The molecule has 1 aliphatic rings. The van der Waals surface area contributed by atoms with Crippen LogP contribution < -0.4 is 0 Å². The van der Waals surface area contributed by atoms with E-state index in [0.717, 1.165) is 16.8 Å². The van der Waals surface area contributed by atoms with E-state index in [1.54, 1.807) is 17.4 Å². The van der Waals surface area contributed by atoms with E-state index in [2.05, 4.69) is 11.6 Å². The number of imidazole rings is 1. The molecular formula is C17H15N3OS2. The lowest BCUT2D eigenvalue weighted by Crippen LogP contribution is -2.29. The Kier molecular flexibility index (Phi) is 4.45. The fourth-order valence-corrected chi connectivity index (χ4v) is 3.47. The van der Waals surface area contributed by atoms with Crippen LogP contribution in [0.2, 0.25) is 0 Å². The van der Waals surface area contributed by atoms with Crippen molar-refractivity contribution in [3.8, 4) is 5.69 Å². The minimum absolute atomic E-state index is 0.0540. The lowest BCUT2D eigenvalue weighted by Gasteiger charge is -2.13. The van der Waals surface area contributed by atoms with Crippen LogP contribution in [0.5, 0.6) is 0 Å². The van der Waals surface area contributed by atoms with Crippen LogP contribution >= 0.6 is 24.0 Å². The molecule has 23 heavy (non-hydrogen) atoms. The molecule has 3 rings (SSSR count). The first-order valence-electron chi connectivity index (χ1n) is 7.03. The zero-order chi connectivity index (χ0) is 16.4. The third-order valence-electron chi connectivity index (χ3n) is 3.30. The molecule has 2 heterocycles. The Morgan fingerprint density at radius 2 is 2.13 bits per heavy atom. The van der Waals surface area contributed by atoms with E-state index in [0.29, 0.717) is 15.8 Å². The molecule has 0 radical (unpaired) electrons. The summed E-state index contributed by atoms with van der Waals surface area (Å²) in [5, 5.41) is 0. The molecule has 1 aliphatic heterocycles. The predicted octanol–water partition coefficient (Wildman–Crippen LogP) is 3.65. The SMILES string of the molecule is C=C(C)CN1C(=O)/C(=C\c2ccc(-n3ccnc3)cc2)SC1=S. The summed E-state index contributed by atoms with van der Waals surface area (Å²) in [5.41, 5.74) is 2.89. The van der Waals surface area contributed by atoms with Gasteiger partial charge in [-0.25, -0.2) is 4.98 Å². The Bertz CT molecular complexity index is 792. The maximum Gasteiger partial charge on any atom is 0.266 e. The molecule has 0 aliphatic carbocycles. The standard InChI is InChI=1S/C17H15N3OS2/c1-12(2)10-20-16(21)15(23-17(20)22)9-13-3-5-14(6-4-13)19-8-7-18-11-19/h3-9,11H,1,10H2,2H3/b15-9+. The summed E-state index contributed by atoms with van der Waals surface area (Å²) >= 11 is 6.61. The van der Waals surface area contributed by atoms with Crippen molar-refractivity contribution in [1.82, 2.24) is 14.5 Å². The monoisotopic (exact) mass is 341 g/mol. The van der Waals surface area contributed by atoms with E-state index in [4.69, 9.17) is 12.2 Å². The Labute approximate surface area is 144 Å². The van der Waals surface area contributed by atoms with Gasteiger partial charge < -0.3 is 4.57 Å². The van der Waals surface area contributed by atoms with Crippen molar-refractivity contribution in [2.24, 2.45) is 0 Å². The van der Waals surface area contributed by atoms with Crippen LogP contribution in [0, 0.1) is 0 Å². The van der Waals surface area contributed by atoms with Crippen LogP contribution in [0.25, 0.3) is 11.8 Å². The van der Waals surface area contributed by atoms with Crippen molar-refractivity contribution in [1.29, 1.82) is 0 Å². The number of hydrogen-bond donors (Lipinski definition) is 0. The van der Waals surface area contributed by atoms with E-state index in [-0.39, 0.29) is 5.91 Å². The summed E-state index contributed by atoms with van der Waals surface area (Å²) in [6.45, 7) is 6.20. The topological polar surface area (TPSA) is 38.1 Å². The molecule has 0 unspecified atom stereocenters. The van der Waals surface area contributed by atoms with Crippen molar-refractivity contribution in [2.75, 3.05) is 6.54 Å². The van der Waals surface area contributed by atoms with Gasteiger partial charge in [0.25, 0.3) is 5.91 Å². The van der Waals surface area contributed by atoms with Crippen LogP contribution in [0.1, 0.15) is 12.5 Å². The van der Waals surface area contributed by atoms with E-state index in [9.17, 15) is 4.79 Å². The average molecular weight is 341 g/mol. The molecular weight excluding hydrogens is 326 g/mol. The number of nitrogens with zero attached hydrogens (tertiary/aromatic N) is 3. The molecule has 1 aromatic carbocycles. The highest BCUT2D eigenvalue weighted by atomic mass is 32.2. The summed E-state index contributed by atoms with van der Waals surface area (Å²) in [6.07, 6.45) is 7.24. The maximum atomic E-state index is 12.4. The first-order chi connectivity index (χ1) is 11.0. The molecule has 4 nitrogen and oxygen atoms in total. The highest BCUT2D eigenvalue weighted by Crippen LogP contribution is 2.32. The Balaban J connectivity index is 1.80. The van der Waals surface area contributed by atoms with Crippen LogP contribution in [0.3, 0.4) is 0 Å². The fourth-order valence-electron chi connectivity index (χ4n) is 2.21. The summed E-state index contributed by atoms with van der Waals surface area (Å²) in [5.74, 6) is -0.0540. The van der Waals surface area contributed by atoms with Gasteiger partial charge in [-0.1, -0.05) is 48.3 Å². The summed E-state index contributed by atoms with van der Waals surface area (Å²) in [7, 11) is 0. The summed E-state index contributed by atoms with van der Waals surface area (Å²) in [6, 6.07) is 7.92. The zero-order valence-electron chi connectivity index (χ0n) is 12.6. The van der Waals surface area contributed by atoms with Crippen molar-refractivity contribution in [2.45, 2.75) is 6.92 Å². The Hall–Kier alpha value is -2.18. The quantitative estimate of drug-likeness (QED) is 0.483. The average Bonchev–Trinajstić information content (AvgIpc) is 3.13. The van der Waals surface area contributed by atoms with Crippen molar-refractivity contribution < 1.29 is 4.79 Å². The number of rotatable bonds is 4. The number of thioether (sulfide) groups is 1. The largest absolute Gasteiger partial charge is 0.306 e. The number of hydrogen-bond acceptors (Lipinski definition) is 4. The smallest absolute Gasteiger partial charge is 0.266 e. The van der Waals surface area contributed by atoms with Crippen LogP contribution in [0.15, 0.2) is 60.0 Å². The van der Waals surface area contributed by atoms with Gasteiger partial charge in [-0.05, 0) is 30.7 Å². The molecule has 0 N–H and O–H groups in total. The van der Waals surface area contributed by atoms with Crippen LogP contribution in [-0.4, -0.2) is 31.2 Å². The first-order valence-corrected chi connectivity index (χ1v) is 8.25. The van der Waals surface area contributed by atoms with Gasteiger partial charge in [-0.3, -0.25) is 9.69 Å². The molecule has 0 bridgehead atoms. The van der Waals surface area contributed by atoms with Crippen LogP contribution in [-0.2, 0) is 4.79 Å². The lowest BCUT2D eigenvalue weighted by atomic mass is 10.2. The molecule has 1 fully saturated rings. The third kappa shape index (κ3) is 3.43. The zero-order valence-corrected chi connectivity index (χ0v) is 14.2. The Morgan fingerprint density at radius 3 is 2.74 bits per heavy atom. The maximum absolute atomic E-state index is 12.4. The van der Waals surface area contributed by atoms with Gasteiger partial charge in [0.05, 0.1) is 11.2 Å². The summed E-state index contributed by atoms with van der Waals surface area (Å²) < 4.78 is 2.51. The van der Waals surface area contributed by atoms with Gasteiger partial charge in [0.15, 0.2) is 0 Å². The highest BCUT2D eigenvalue weighted by Gasteiger charge is 2.31. The molecule has 0 saturated carbocycles. The Morgan fingerprint density at radius 1 is 1.39 bits per heavy atom. The molecule has 0 spiro atoms. The highest BCUT2D eigenvalue weighted by molar-refractivity contribution is 8.26. The molecule has 1 amide bonds. The van der Waals surface area contributed by atoms with E-state index in [1.807, 2.05) is 48.0 Å². The molecule has 6 heteroatoms. The molecule has 116 valence electrons. The molecule has 1 saturated heterocycles. The lowest BCUT2D eigenvalue weighted by molar-refractivity contribution is -0.121. The second-order valence-electron chi connectivity index (χ2n) is 5.29. The van der Waals surface area contributed by atoms with Gasteiger partial charge in [0.2, 0.25) is 0 Å². The van der Waals surface area contributed by atoms with E-state index >= 15 is 0 Å². The van der Waals surface area contributed by atoms with Gasteiger partial charge >= 0.3 is 0 Å². The minimum atomic E-state index is -0.0540. The molecule has 2 aromatic rings. The molecule has 1 aromatic heterocycles. The van der Waals surface area contributed by atoms with Gasteiger partial charge in [0, 0.05) is 24.6 Å². The summed E-state index contributed by atoms with van der Waals surface area (Å²) in [4.78, 5) is 18.7. The van der Waals surface area contributed by atoms with Crippen molar-refractivity contribution in [3.63, 3.8) is 0 Å². The van der Waals surface area contributed by atoms with Crippen molar-refractivity contribution in [3.05, 3.63) is 65.6 Å². The molecule has 0 atom stereocenters. The number of carbonyl (C=O) groups is 1. The van der Waals surface area contributed by atoms with Crippen molar-refractivity contribution >= 4 is 40.3 Å². The number of aromatic nitrogens is 2. The second-order valence-corrected chi connectivity index (χ2v) is 6.96. The fraction of sp³-hybridized carbons (Fsp3) is 0.118.